The number of likely N-dealkylation sites (tertiary alicyclic amines) is 1. The number of aryl methyl sites for hydroxylation is 2. The molecule has 0 aromatic heterocycles. The molecular formula is C19H32N2. The lowest BCUT2D eigenvalue weighted by molar-refractivity contribution is 0.0978. The lowest BCUT2D eigenvalue weighted by Crippen LogP contribution is -2.57. The van der Waals surface area contributed by atoms with Gasteiger partial charge in [-0.3, -0.25) is 4.90 Å². The summed E-state index contributed by atoms with van der Waals surface area (Å²) < 4.78 is 0. The fourth-order valence-corrected chi connectivity index (χ4v) is 3.52. The van der Waals surface area contributed by atoms with Crippen LogP contribution in [0.1, 0.15) is 56.2 Å². The maximum absolute atomic E-state index is 6.66. The Hall–Kier alpha value is -0.860. The summed E-state index contributed by atoms with van der Waals surface area (Å²) in [5.74, 6) is 0. The zero-order chi connectivity index (χ0) is 15.5. The summed E-state index contributed by atoms with van der Waals surface area (Å²) in [7, 11) is 0. The van der Waals surface area contributed by atoms with Gasteiger partial charge < -0.3 is 5.73 Å². The van der Waals surface area contributed by atoms with Gasteiger partial charge in [0, 0.05) is 11.6 Å². The number of nitrogens with two attached hydrogens (primary N) is 1. The van der Waals surface area contributed by atoms with Crippen molar-refractivity contribution in [3.63, 3.8) is 0 Å². The van der Waals surface area contributed by atoms with Crippen LogP contribution in [0.4, 0.5) is 0 Å². The Morgan fingerprint density at radius 2 is 1.57 bits per heavy atom. The van der Waals surface area contributed by atoms with Crippen molar-refractivity contribution in [3.8, 4) is 0 Å². The summed E-state index contributed by atoms with van der Waals surface area (Å²) in [5.41, 5.74) is 10.9. The smallest absolute Gasteiger partial charge is 0.0307 e. The fraction of sp³-hybridized carbons (Fsp3) is 0.684. The molecule has 21 heavy (non-hydrogen) atoms. The van der Waals surface area contributed by atoms with E-state index in [-0.39, 0.29) is 11.6 Å². The van der Waals surface area contributed by atoms with E-state index in [9.17, 15) is 0 Å². The van der Waals surface area contributed by atoms with E-state index in [1.807, 2.05) is 0 Å². The molecule has 0 radical (unpaired) electrons. The first-order valence-electron chi connectivity index (χ1n) is 8.48. The lowest BCUT2D eigenvalue weighted by atomic mass is 9.85. The molecule has 1 atom stereocenters. The highest BCUT2D eigenvalue weighted by molar-refractivity contribution is 5.34. The standard InChI is InChI=1S/C19H32N2/c1-15-10-9-11-16(2)17(15)14-18(20)19(3,4)21-12-7-5-6-8-13-21/h9-11,18H,5-8,12-14,20H2,1-4H3. The maximum atomic E-state index is 6.66. The first-order chi connectivity index (χ1) is 9.93. The Labute approximate surface area is 130 Å². The van der Waals surface area contributed by atoms with E-state index in [1.54, 1.807) is 0 Å². The molecule has 118 valence electrons. The molecule has 0 amide bonds. The van der Waals surface area contributed by atoms with Gasteiger partial charge in [-0.05, 0) is 76.7 Å². The summed E-state index contributed by atoms with van der Waals surface area (Å²) >= 11 is 0. The summed E-state index contributed by atoms with van der Waals surface area (Å²) in [4.78, 5) is 2.62. The van der Waals surface area contributed by atoms with Crippen molar-refractivity contribution >= 4 is 0 Å². The van der Waals surface area contributed by atoms with Crippen molar-refractivity contribution in [2.75, 3.05) is 13.1 Å². The van der Waals surface area contributed by atoms with Gasteiger partial charge in [-0.1, -0.05) is 31.0 Å². The molecule has 1 heterocycles. The topological polar surface area (TPSA) is 29.3 Å². The van der Waals surface area contributed by atoms with E-state index >= 15 is 0 Å². The van der Waals surface area contributed by atoms with E-state index in [2.05, 4.69) is 50.8 Å². The van der Waals surface area contributed by atoms with E-state index < -0.39 is 0 Å². The molecule has 1 unspecified atom stereocenters. The van der Waals surface area contributed by atoms with Crippen molar-refractivity contribution in [2.45, 2.75) is 71.4 Å². The van der Waals surface area contributed by atoms with Crippen LogP contribution in [0.2, 0.25) is 0 Å². The third-order valence-corrected chi connectivity index (χ3v) is 5.40. The Morgan fingerprint density at radius 1 is 1.05 bits per heavy atom. The molecule has 0 saturated carbocycles. The van der Waals surface area contributed by atoms with Crippen LogP contribution in [0, 0.1) is 13.8 Å². The van der Waals surface area contributed by atoms with Crippen LogP contribution in [0.25, 0.3) is 0 Å². The fourth-order valence-electron chi connectivity index (χ4n) is 3.52. The van der Waals surface area contributed by atoms with Crippen molar-refractivity contribution in [2.24, 2.45) is 5.73 Å². The minimum absolute atomic E-state index is 0.0685. The second-order valence-electron chi connectivity index (χ2n) is 7.24. The molecule has 0 aliphatic carbocycles. The van der Waals surface area contributed by atoms with Gasteiger partial charge in [0.2, 0.25) is 0 Å². The van der Waals surface area contributed by atoms with Crippen molar-refractivity contribution < 1.29 is 0 Å². The van der Waals surface area contributed by atoms with Gasteiger partial charge in [0.05, 0.1) is 0 Å². The molecule has 2 heteroatoms. The first kappa shape index (κ1) is 16.5. The number of hydrogen-bond donors (Lipinski definition) is 1. The van der Waals surface area contributed by atoms with Crippen LogP contribution in [0.5, 0.6) is 0 Å². The Balaban J connectivity index is 2.12. The zero-order valence-corrected chi connectivity index (χ0v) is 14.3. The lowest BCUT2D eigenvalue weighted by Gasteiger charge is -2.42. The summed E-state index contributed by atoms with van der Waals surface area (Å²) in [6.07, 6.45) is 6.36. The molecule has 1 saturated heterocycles. The van der Waals surface area contributed by atoms with Crippen molar-refractivity contribution in [3.05, 3.63) is 34.9 Å². The molecule has 1 aliphatic rings. The molecule has 0 bridgehead atoms. The van der Waals surface area contributed by atoms with Crippen LogP contribution in [-0.2, 0) is 6.42 Å². The molecule has 1 fully saturated rings. The number of rotatable bonds is 4. The summed E-state index contributed by atoms with van der Waals surface area (Å²) in [6, 6.07) is 6.72. The highest BCUT2D eigenvalue weighted by Crippen LogP contribution is 2.26. The molecule has 2 nitrogen and oxygen atoms in total. The Morgan fingerprint density at radius 3 is 2.10 bits per heavy atom. The summed E-state index contributed by atoms with van der Waals surface area (Å²) in [6.45, 7) is 11.5. The van der Waals surface area contributed by atoms with Gasteiger partial charge in [0.15, 0.2) is 0 Å². The van der Waals surface area contributed by atoms with Gasteiger partial charge in [0.25, 0.3) is 0 Å². The van der Waals surface area contributed by atoms with Crippen LogP contribution in [-0.4, -0.2) is 29.6 Å². The molecule has 1 aliphatic heterocycles. The van der Waals surface area contributed by atoms with Crippen LogP contribution < -0.4 is 5.73 Å². The average Bonchev–Trinajstić information content (AvgIpc) is 2.72. The second-order valence-corrected chi connectivity index (χ2v) is 7.24. The highest BCUT2D eigenvalue weighted by Gasteiger charge is 2.33. The monoisotopic (exact) mass is 288 g/mol. The van der Waals surface area contributed by atoms with E-state index in [4.69, 9.17) is 5.73 Å². The molecule has 1 aromatic rings. The average molecular weight is 288 g/mol. The van der Waals surface area contributed by atoms with Gasteiger partial charge in [0.1, 0.15) is 0 Å². The van der Waals surface area contributed by atoms with Crippen LogP contribution >= 0.6 is 0 Å². The first-order valence-corrected chi connectivity index (χ1v) is 8.48. The molecule has 2 N–H and O–H groups in total. The van der Waals surface area contributed by atoms with Gasteiger partial charge in [-0.25, -0.2) is 0 Å². The van der Waals surface area contributed by atoms with Gasteiger partial charge >= 0.3 is 0 Å². The van der Waals surface area contributed by atoms with Crippen molar-refractivity contribution in [1.82, 2.24) is 4.90 Å². The predicted octanol–water partition coefficient (Wildman–Crippen LogP) is 3.83. The number of hydrogen-bond acceptors (Lipinski definition) is 2. The molecule has 0 spiro atoms. The van der Waals surface area contributed by atoms with Crippen LogP contribution in [0.3, 0.4) is 0 Å². The third kappa shape index (κ3) is 3.87. The molecular weight excluding hydrogens is 256 g/mol. The minimum Gasteiger partial charge on any atom is -0.326 e. The second kappa shape index (κ2) is 6.93. The third-order valence-electron chi connectivity index (χ3n) is 5.40. The largest absolute Gasteiger partial charge is 0.326 e. The van der Waals surface area contributed by atoms with E-state index in [1.165, 1.54) is 55.5 Å². The predicted molar refractivity (Wildman–Crippen MR) is 91.7 cm³/mol. The number of nitrogens with zero attached hydrogens (tertiary/aromatic N) is 1. The van der Waals surface area contributed by atoms with Gasteiger partial charge in [-0.2, -0.15) is 0 Å². The van der Waals surface area contributed by atoms with E-state index in [0.29, 0.717) is 0 Å². The highest BCUT2D eigenvalue weighted by atomic mass is 15.2. The Bertz CT molecular complexity index is 436. The molecule has 2 rings (SSSR count). The Kier molecular flexibility index (Phi) is 5.45. The van der Waals surface area contributed by atoms with Gasteiger partial charge in [-0.15, -0.1) is 0 Å². The zero-order valence-electron chi connectivity index (χ0n) is 14.3. The normalized spacial score (nSPS) is 19.3. The SMILES string of the molecule is Cc1cccc(C)c1CC(N)C(C)(C)N1CCCCCC1. The minimum atomic E-state index is 0.0685. The quantitative estimate of drug-likeness (QED) is 0.912. The number of benzene rings is 1. The summed E-state index contributed by atoms with van der Waals surface area (Å²) in [5, 5.41) is 0. The van der Waals surface area contributed by atoms with Crippen LogP contribution in [0.15, 0.2) is 18.2 Å². The maximum Gasteiger partial charge on any atom is 0.0307 e. The van der Waals surface area contributed by atoms with Crippen molar-refractivity contribution in [1.29, 1.82) is 0 Å². The van der Waals surface area contributed by atoms with E-state index in [0.717, 1.165) is 6.42 Å². The molecule has 1 aromatic carbocycles.